The molecule has 0 saturated carbocycles. The Labute approximate surface area is 176 Å². The molecular formula is C24H46O3Si. The Balaban J connectivity index is 4.89. The Morgan fingerprint density at radius 2 is 1.75 bits per heavy atom. The minimum atomic E-state index is -1.92. The van der Waals surface area contributed by atoms with Crippen molar-refractivity contribution in [1.82, 2.24) is 0 Å². The van der Waals surface area contributed by atoms with E-state index in [0.717, 1.165) is 19.4 Å². The summed E-state index contributed by atoms with van der Waals surface area (Å²) in [6.45, 7) is 24.9. The third-order valence-corrected chi connectivity index (χ3v) is 10.1. The van der Waals surface area contributed by atoms with Crippen molar-refractivity contribution >= 4 is 8.32 Å². The van der Waals surface area contributed by atoms with Crippen LogP contribution >= 0.6 is 0 Å². The molecule has 0 aromatic heterocycles. The molecule has 0 aliphatic carbocycles. The van der Waals surface area contributed by atoms with Gasteiger partial charge in [-0.15, -0.1) is 13.2 Å². The summed E-state index contributed by atoms with van der Waals surface area (Å²) in [7, 11) is -0.190. The highest BCUT2D eigenvalue weighted by Gasteiger charge is 2.41. The molecular weight excluding hydrogens is 364 g/mol. The Morgan fingerprint density at radius 3 is 2.25 bits per heavy atom. The van der Waals surface area contributed by atoms with Crippen molar-refractivity contribution < 1.29 is 13.9 Å². The summed E-state index contributed by atoms with van der Waals surface area (Å²) in [4.78, 5) is 0. The molecule has 0 aromatic carbocycles. The highest BCUT2D eigenvalue weighted by Crippen LogP contribution is 2.39. The SMILES string of the molecule is C=CCCCCCOC/C(C)=C\[C@@H](C)[C@H](O[Si](C)(C)C(C)(C)C)[C@@H](C=C)OC. The maximum atomic E-state index is 6.74. The average Bonchev–Trinajstić information content (AvgIpc) is 2.60. The van der Waals surface area contributed by atoms with Gasteiger partial charge < -0.3 is 13.9 Å². The minimum Gasteiger partial charge on any atom is -0.410 e. The molecule has 0 heterocycles. The van der Waals surface area contributed by atoms with Crippen LogP contribution in [-0.4, -0.2) is 40.8 Å². The van der Waals surface area contributed by atoms with Gasteiger partial charge in [0, 0.05) is 19.6 Å². The maximum absolute atomic E-state index is 6.74. The van der Waals surface area contributed by atoms with Gasteiger partial charge in [-0.1, -0.05) is 57.9 Å². The molecule has 0 fully saturated rings. The lowest BCUT2D eigenvalue weighted by Crippen LogP contribution is -2.49. The van der Waals surface area contributed by atoms with E-state index in [2.05, 4.69) is 66.9 Å². The van der Waals surface area contributed by atoms with Crippen LogP contribution in [0.3, 0.4) is 0 Å². The fourth-order valence-corrected chi connectivity index (χ4v) is 4.23. The smallest absolute Gasteiger partial charge is 0.192 e. The first-order valence-electron chi connectivity index (χ1n) is 10.7. The summed E-state index contributed by atoms with van der Waals surface area (Å²) in [6, 6.07) is 0. The maximum Gasteiger partial charge on any atom is 0.192 e. The van der Waals surface area contributed by atoms with E-state index >= 15 is 0 Å². The topological polar surface area (TPSA) is 27.7 Å². The molecule has 28 heavy (non-hydrogen) atoms. The second-order valence-corrected chi connectivity index (χ2v) is 14.1. The van der Waals surface area contributed by atoms with E-state index in [4.69, 9.17) is 13.9 Å². The zero-order valence-electron chi connectivity index (χ0n) is 19.8. The molecule has 0 rings (SSSR count). The molecule has 3 nitrogen and oxygen atoms in total. The zero-order valence-corrected chi connectivity index (χ0v) is 20.8. The van der Waals surface area contributed by atoms with Gasteiger partial charge in [-0.2, -0.15) is 0 Å². The molecule has 4 heteroatoms. The van der Waals surface area contributed by atoms with Crippen molar-refractivity contribution in [3.8, 4) is 0 Å². The molecule has 0 N–H and O–H groups in total. The number of unbranched alkanes of at least 4 members (excludes halogenated alkanes) is 3. The van der Waals surface area contributed by atoms with Gasteiger partial charge in [0.05, 0.1) is 12.7 Å². The molecule has 0 aliphatic rings. The summed E-state index contributed by atoms with van der Waals surface area (Å²) in [5.74, 6) is 0.216. The first kappa shape index (κ1) is 27.3. The number of ether oxygens (including phenoxy) is 2. The van der Waals surface area contributed by atoms with Crippen molar-refractivity contribution in [2.24, 2.45) is 5.92 Å². The van der Waals surface area contributed by atoms with E-state index in [1.807, 2.05) is 12.2 Å². The van der Waals surface area contributed by atoms with E-state index < -0.39 is 8.32 Å². The molecule has 0 unspecified atom stereocenters. The van der Waals surface area contributed by atoms with Crippen molar-refractivity contribution in [1.29, 1.82) is 0 Å². The van der Waals surface area contributed by atoms with Crippen LogP contribution in [0.1, 0.15) is 60.3 Å². The lowest BCUT2D eigenvalue weighted by Gasteiger charge is -2.42. The van der Waals surface area contributed by atoms with Crippen molar-refractivity contribution in [3.05, 3.63) is 37.0 Å². The fraction of sp³-hybridized carbons (Fsp3) is 0.750. The normalized spacial score (nSPS) is 16.5. The average molecular weight is 411 g/mol. The Kier molecular flexibility index (Phi) is 13.2. The van der Waals surface area contributed by atoms with Gasteiger partial charge in [0.2, 0.25) is 0 Å². The highest BCUT2D eigenvalue weighted by molar-refractivity contribution is 6.74. The van der Waals surface area contributed by atoms with Crippen LogP contribution in [0.4, 0.5) is 0 Å². The first-order valence-corrected chi connectivity index (χ1v) is 13.6. The number of hydrogen-bond donors (Lipinski definition) is 0. The number of allylic oxidation sites excluding steroid dienone is 1. The summed E-state index contributed by atoms with van der Waals surface area (Å²) < 4.78 is 18.3. The first-order chi connectivity index (χ1) is 13.0. The van der Waals surface area contributed by atoms with Crippen LogP contribution in [0.15, 0.2) is 37.0 Å². The number of methoxy groups -OCH3 is 1. The lowest BCUT2D eigenvalue weighted by molar-refractivity contribution is 0.00582. The molecule has 0 amide bonds. The second-order valence-electron chi connectivity index (χ2n) is 9.34. The van der Waals surface area contributed by atoms with Crippen LogP contribution < -0.4 is 0 Å². The molecule has 0 bridgehead atoms. The van der Waals surface area contributed by atoms with Gasteiger partial charge in [0.15, 0.2) is 8.32 Å². The van der Waals surface area contributed by atoms with Crippen LogP contribution in [0.25, 0.3) is 0 Å². The lowest BCUT2D eigenvalue weighted by atomic mass is 9.97. The summed E-state index contributed by atoms with van der Waals surface area (Å²) in [5.41, 5.74) is 1.24. The van der Waals surface area contributed by atoms with E-state index in [1.54, 1.807) is 7.11 Å². The van der Waals surface area contributed by atoms with Gasteiger partial charge in [0.1, 0.15) is 6.10 Å². The molecule has 0 aromatic rings. The summed E-state index contributed by atoms with van der Waals surface area (Å²) >= 11 is 0. The van der Waals surface area contributed by atoms with Crippen LogP contribution in [0.2, 0.25) is 18.1 Å². The molecule has 0 spiro atoms. The third kappa shape index (κ3) is 10.2. The quantitative estimate of drug-likeness (QED) is 0.166. The third-order valence-electron chi connectivity index (χ3n) is 5.66. The van der Waals surface area contributed by atoms with E-state index in [-0.39, 0.29) is 23.2 Å². The van der Waals surface area contributed by atoms with E-state index in [9.17, 15) is 0 Å². The van der Waals surface area contributed by atoms with Crippen molar-refractivity contribution in [2.45, 2.75) is 90.6 Å². The van der Waals surface area contributed by atoms with E-state index in [1.165, 1.54) is 18.4 Å². The van der Waals surface area contributed by atoms with E-state index in [0.29, 0.717) is 6.61 Å². The Bertz CT molecular complexity index is 477. The Hall–Kier alpha value is -0.683. The minimum absolute atomic E-state index is 0.0442. The predicted molar refractivity (Wildman–Crippen MR) is 125 cm³/mol. The van der Waals surface area contributed by atoms with Crippen LogP contribution in [0.5, 0.6) is 0 Å². The number of hydrogen-bond acceptors (Lipinski definition) is 3. The van der Waals surface area contributed by atoms with Crippen LogP contribution in [0, 0.1) is 5.92 Å². The number of rotatable bonds is 15. The molecule has 3 atom stereocenters. The fourth-order valence-electron chi connectivity index (χ4n) is 2.85. The molecule has 0 saturated heterocycles. The molecule has 0 aliphatic heterocycles. The highest BCUT2D eigenvalue weighted by atomic mass is 28.4. The zero-order chi connectivity index (χ0) is 21.8. The molecule has 0 radical (unpaired) electrons. The van der Waals surface area contributed by atoms with Gasteiger partial charge >= 0.3 is 0 Å². The summed E-state index contributed by atoms with van der Waals surface area (Å²) in [6.07, 6.45) is 10.5. The second kappa shape index (κ2) is 13.5. The van der Waals surface area contributed by atoms with Gasteiger partial charge in [0.25, 0.3) is 0 Å². The molecule has 164 valence electrons. The summed E-state index contributed by atoms with van der Waals surface area (Å²) in [5, 5.41) is 0.151. The standard InChI is InChI=1S/C24H46O3Si/c1-11-13-14-15-16-17-26-19-20(3)18-21(4)23(22(12-2)25-8)27-28(9,10)24(5,6)7/h11-12,18,21-23H,1-2,13-17,19H2,3-10H3/b20-18-/t21-,22-,23+/m1/s1. The van der Waals surface area contributed by atoms with Gasteiger partial charge in [-0.05, 0) is 44.3 Å². The predicted octanol–water partition coefficient (Wildman–Crippen LogP) is 6.92. The van der Waals surface area contributed by atoms with Crippen molar-refractivity contribution in [3.63, 3.8) is 0 Å². The largest absolute Gasteiger partial charge is 0.410 e. The van der Waals surface area contributed by atoms with Crippen molar-refractivity contribution in [2.75, 3.05) is 20.3 Å². The van der Waals surface area contributed by atoms with Gasteiger partial charge in [-0.3, -0.25) is 0 Å². The monoisotopic (exact) mass is 410 g/mol. The van der Waals surface area contributed by atoms with Gasteiger partial charge in [-0.25, -0.2) is 0 Å². The van der Waals surface area contributed by atoms with Crippen LogP contribution in [-0.2, 0) is 13.9 Å². The Morgan fingerprint density at radius 1 is 1.11 bits per heavy atom.